The fourth-order valence-corrected chi connectivity index (χ4v) is 2.44. The molecule has 0 radical (unpaired) electrons. The van der Waals surface area contributed by atoms with E-state index in [4.69, 9.17) is 4.42 Å². The second-order valence-electron chi connectivity index (χ2n) is 5.36. The van der Waals surface area contributed by atoms with E-state index in [1.165, 1.54) is 6.26 Å². The fraction of sp³-hybridized carbons (Fsp3) is 0.158. The van der Waals surface area contributed by atoms with Crippen LogP contribution in [0.5, 0.6) is 0 Å². The lowest BCUT2D eigenvalue weighted by Gasteiger charge is -2.07. The van der Waals surface area contributed by atoms with Gasteiger partial charge in [0.1, 0.15) is 12.0 Å². The average Bonchev–Trinajstić information content (AvgIpc) is 3.24. The van der Waals surface area contributed by atoms with Crippen LogP contribution in [0.4, 0.5) is 4.79 Å². The summed E-state index contributed by atoms with van der Waals surface area (Å²) >= 11 is 0. The molecule has 0 amide bonds. The summed E-state index contributed by atoms with van der Waals surface area (Å²) < 4.78 is 16.5. The third kappa shape index (κ3) is 3.47. The molecule has 0 fully saturated rings. The molecule has 0 aliphatic rings. The molecule has 0 aliphatic carbocycles. The Bertz CT molecular complexity index is 875. The maximum atomic E-state index is 12.3. The van der Waals surface area contributed by atoms with E-state index in [1.54, 1.807) is 23.9 Å². The predicted molar refractivity (Wildman–Crippen MR) is 90.6 cm³/mol. The number of aromatic nitrogens is 1. The molecule has 0 spiro atoms. The molecule has 0 aliphatic heterocycles. The van der Waals surface area contributed by atoms with Gasteiger partial charge in [-0.15, -0.1) is 0 Å². The first kappa shape index (κ1) is 16.6. The molecule has 0 saturated heterocycles. The molecule has 3 aromatic rings. The molecule has 2 aromatic heterocycles. The molecule has 6 nitrogen and oxygen atoms in total. The third-order valence-electron chi connectivity index (χ3n) is 3.61. The molecule has 2 heterocycles. The zero-order valence-electron chi connectivity index (χ0n) is 13.9. The Balaban J connectivity index is 2.03. The van der Waals surface area contributed by atoms with E-state index in [9.17, 15) is 9.59 Å². The lowest BCUT2D eigenvalue weighted by molar-refractivity contribution is 0.0373. The number of aryl methyl sites for hydroxylation is 1. The van der Waals surface area contributed by atoms with Crippen LogP contribution in [0.1, 0.15) is 23.0 Å². The number of benzene rings is 1. The molecule has 0 unspecified atom stereocenters. The number of hydrogen-bond donors (Lipinski definition) is 0. The Morgan fingerprint density at radius 3 is 2.44 bits per heavy atom. The molecule has 3 rings (SSSR count). The minimum atomic E-state index is -1.06. The predicted octanol–water partition coefficient (Wildman–Crippen LogP) is 4.36. The van der Waals surface area contributed by atoms with Crippen molar-refractivity contribution in [1.29, 1.82) is 0 Å². The van der Waals surface area contributed by atoms with Gasteiger partial charge < -0.3 is 18.5 Å². The Labute approximate surface area is 144 Å². The van der Waals surface area contributed by atoms with Crippen molar-refractivity contribution in [1.82, 2.24) is 4.57 Å². The van der Waals surface area contributed by atoms with E-state index in [2.05, 4.69) is 9.47 Å². The zero-order valence-corrected chi connectivity index (χ0v) is 13.9. The quantitative estimate of drug-likeness (QED) is 0.522. The molecule has 1 aromatic carbocycles. The van der Waals surface area contributed by atoms with Crippen molar-refractivity contribution in [2.45, 2.75) is 13.8 Å². The van der Waals surface area contributed by atoms with Gasteiger partial charge in [0.05, 0.1) is 6.61 Å². The highest BCUT2D eigenvalue weighted by Gasteiger charge is 2.26. The Kier molecular flexibility index (Phi) is 4.70. The van der Waals surface area contributed by atoms with Crippen molar-refractivity contribution in [3.8, 4) is 16.8 Å². The van der Waals surface area contributed by atoms with Crippen molar-refractivity contribution in [3.05, 3.63) is 66.4 Å². The second-order valence-corrected chi connectivity index (χ2v) is 5.36. The van der Waals surface area contributed by atoms with Gasteiger partial charge in [0.15, 0.2) is 0 Å². The van der Waals surface area contributed by atoms with E-state index in [0.29, 0.717) is 11.3 Å². The first-order valence-electron chi connectivity index (χ1n) is 7.81. The maximum Gasteiger partial charge on any atom is 0.516 e. The van der Waals surface area contributed by atoms with Gasteiger partial charge in [-0.25, -0.2) is 9.59 Å². The topological polar surface area (TPSA) is 70.7 Å². The van der Waals surface area contributed by atoms with E-state index < -0.39 is 12.1 Å². The Morgan fingerprint density at radius 2 is 1.80 bits per heavy atom. The lowest BCUT2D eigenvalue weighted by Crippen LogP contribution is -2.15. The van der Waals surface area contributed by atoms with Crippen LogP contribution < -0.4 is 0 Å². The van der Waals surface area contributed by atoms with Crippen molar-refractivity contribution >= 4 is 12.1 Å². The Morgan fingerprint density at radius 1 is 1.12 bits per heavy atom. The zero-order chi connectivity index (χ0) is 17.8. The number of rotatable bonds is 4. The highest BCUT2D eigenvalue weighted by atomic mass is 16.7. The van der Waals surface area contributed by atoms with Crippen LogP contribution in [0.2, 0.25) is 0 Å². The number of ether oxygens (including phenoxy) is 2. The number of nitrogens with zero attached hydrogens (tertiary/aromatic N) is 1. The minimum absolute atomic E-state index is 0.0696. The standard InChI is InChI=1S/C19H17NO5/c1-3-23-19(22)25-18(21)17-16(20-10-4-5-11-20)15(12-24-17)14-8-6-13(2)7-9-14/h4-12H,3H2,1-2H3. The first-order valence-corrected chi connectivity index (χ1v) is 7.81. The van der Waals surface area contributed by atoms with Crippen molar-refractivity contribution < 1.29 is 23.5 Å². The Hall–Kier alpha value is -3.28. The van der Waals surface area contributed by atoms with Crippen LogP contribution in [0.25, 0.3) is 16.8 Å². The van der Waals surface area contributed by atoms with Gasteiger partial charge in [0.2, 0.25) is 5.76 Å². The number of hydrogen-bond acceptors (Lipinski definition) is 5. The summed E-state index contributed by atoms with van der Waals surface area (Å²) in [6.07, 6.45) is 3.98. The van der Waals surface area contributed by atoms with Gasteiger partial charge in [0.25, 0.3) is 0 Å². The monoisotopic (exact) mass is 339 g/mol. The summed E-state index contributed by atoms with van der Waals surface area (Å²) in [5, 5.41) is 0. The van der Waals surface area contributed by atoms with Crippen LogP contribution in [0.15, 0.2) is 59.5 Å². The summed E-state index contributed by atoms with van der Waals surface area (Å²) in [7, 11) is 0. The van der Waals surface area contributed by atoms with E-state index in [-0.39, 0.29) is 12.4 Å². The van der Waals surface area contributed by atoms with Gasteiger partial charge >= 0.3 is 12.1 Å². The number of carbonyl (C=O) groups excluding carboxylic acids is 2. The fourth-order valence-electron chi connectivity index (χ4n) is 2.44. The summed E-state index contributed by atoms with van der Waals surface area (Å²) in [4.78, 5) is 23.7. The van der Waals surface area contributed by atoms with Crippen molar-refractivity contribution in [3.63, 3.8) is 0 Å². The van der Waals surface area contributed by atoms with Crippen LogP contribution in [-0.2, 0) is 9.47 Å². The number of esters is 1. The van der Waals surface area contributed by atoms with E-state index in [1.807, 2.05) is 43.3 Å². The molecule has 0 saturated carbocycles. The molecule has 0 atom stereocenters. The van der Waals surface area contributed by atoms with Gasteiger partial charge in [0, 0.05) is 18.0 Å². The second kappa shape index (κ2) is 7.09. The molecule has 6 heteroatoms. The largest absolute Gasteiger partial charge is 0.516 e. The van der Waals surface area contributed by atoms with Gasteiger partial charge in [-0.3, -0.25) is 0 Å². The summed E-state index contributed by atoms with van der Waals surface area (Å²) in [6.45, 7) is 3.73. The third-order valence-corrected chi connectivity index (χ3v) is 3.61. The molecular weight excluding hydrogens is 322 g/mol. The van der Waals surface area contributed by atoms with Gasteiger partial charge in [-0.05, 0) is 31.5 Å². The van der Waals surface area contributed by atoms with Gasteiger partial charge in [-0.2, -0.15) is 0 Å². The summed E-state index contributed by atoms with van der Waals surface area (Å²) in [5.74, 6) is -0.972. The number of furan rings is 1. The van der Waals surface area contributed by atoms with Crippen LogP contribution >= 0.6 is 0 Å². The lowest BCUT2D eigenvalue weighted by atomic mass is 10.1. The molecule has 0 bridgehead atoms. The minimum Gasteiger partial charge on any atom is -0.455 e. The van der Waals surface area contributed by atoms with Gasteiger partial charge in [-0.1, -0.05) is 29.8 Å². The van der Waals surface area contributed by atoms with Crippen molar-refractivity contribution in [2.24, 2.45) is 0 Å². The van der Waals surface area contributed by atoms with E-state index in [0.717, 1.165) is 11.1 Å². The molecule has 128 valence electrons. The molecule has 25 heavy (non-hydrogen) atoms. The summed E-state index contributed by atoms with van der Waals surface area (Å²) in [5.41, 5.74) is 3.22. The first-order chi connectivity index (χ1) is 12.1. The maximum absolute atomic E-state index is 12.3. The van der Waals surface area contributed by atoms with Crippen LogP contribution in [0.3, 0.4) is 0 Å². The highest BCUT2D eigenvalue weighted by molar-refractivity contribution is 5.98. The molecular formula is C19H17NO5. The molecule has 0 N–H and O–H groups in total. The smallest absolute Gasteiger partial charge is 0.455 e. The SMILES string of the molecule is CCOC(=O)OC(=O)c1occ(-c2ccc(C)cc2)c1-n1cccc1. The van der Waals surface area contributed by atoms with Crippen molar-refractivity contribution in [2.75, 3.05) is 6.61 Å². The average molecular weight is 339 g/mol. The number of carbonyl (C=O) groups is 2. The summed E-state index contributed by atoms with van der Waals surface area (Å²) in [6, 6.07) is 11.5. The van der Waals surface area contributed by atoms with Crippen LogP contribution in [-0.4, -0.2) is 23.3 Å². The highest BCUT2D eigenvalue weighted by Crippen LogP contribution is 2.32. The van der Waals surface area contributed by atoms with Crippen LogP contribution in [0, 0.1) is 6.92 Å². The van der Waals surface area contributed by atoms with E-state index >= 15 is 0 Å². The normalized spacial score (nSPS) is 10.5.